The van der Waals surface area contributed by atoms with E-state index in [4.69, 9.17) is 9.26 Å². The minimum Gasteiger partial charge on any atom is -0.384 e. The molecule has 2 atom stereocenters. The average Bonchev–Trinajstić information content (AvgIpc) is 2.87. The summed E-state index contributed by atoms with van der Waals surface area (Å²) in [5.74, 6) is 3.92. The predicted molar refractivity (Wildman–Crippen MR) is 58.1 cm³/mol. The number of aromatic nitrogens is 2. The van der Waals surface area contributed by atoms with Crippen LogP contribution < -0.4 is 0 Å². The number of methoxy groups -OCH3 is 1. The standard InChI is InChI=1S/C12H18N2O2/c1-15-7-6-10-13-12(16-14-10)11-8-4-2-3-5-9(8)11/h8-9,11H,2-7H2,1H3/t8-,9-/m0/s1. The zero-order valence-electron chi connectivity index (χ0n) is 9.69. The molecule has 0 radical (unpaired) electrons. The van der Waals surface area contributed by atoms with Crippen molar-refractivity contribution in [2.24, 2.45) is 11.8 Å². The van der Waals surface area contributed by atoms with E-state index in [0.717, 1.165) is 30.0 Å². The molecule has 16 heavy (non-hydrogen) atoms. The highest BCUT2D eigenvalue weighted by molar-refractivity contribution is 5.14. The van der Waals surface area contributed by atoms with Crippen LogP contribution >= 0.6 is 0 Å². The van der Waals surface area contributed by atoms with E-state index in [9.17, 15) is 0 Å². The number of hydrogen-bond acceptors (Lipinski definition) is 4. The minimum absolute atomic E-state index is 0.575. The Balaban J connectivity index is 1.64. The number of nitrogens with zero attached hydrogens (tertiary/aromatic N) is 2. The molecule has 0 amide bonds. The summed E-state index contributed by atoms with van der Waals surface area (Å²) in [6, 6.07) is 0. The van der Waals surface area contributed by atoms with Gasteiger partial charge in [0.1, 0.15) is 0 Å². The van der Waals surface area contributed by atoms with Gasteiger partial charge in [-0.15, -0.1) is 0 Å². The first kappa shape index (κ1) is 10.3. The summed E-state index contributed by atoms with van der Waals surface area (Å²) < 4.78 is 10.4. The van der Waals surface area contributed by atoms with Gasteiger partial charge in [0.15, 0.2) is 5.82 Å². The van der Waals surface area contributed by atoms with E-state index in [0.29, 0.717) is 12.5 Å². The average molecular weight is 222 g/mol. The monoisotopic (exact) mass is 222 g/mol. The van der Waals surface area contributed by atoms with Gasteiger partial charge in [-0.3, -0.25) is 0 Å². The largest absolute Gasteiger partial charge is 0.384 e. The number of ether oxygens (including phenoxy) is 1. The third-order valence-corrected chi connectivity index (χ3v) is 3.96. The number of rotatable bonds is 4. The van der Waals surface area contributed by atoms with Crippen LogP contribution in [0.2, 0.25) is 0 Å². The molecular formula is C12H18N2O2. The van der Waals surface area contributed by atoms with E-state index in [1.54, 1.807) is 7.11 Å². The summed E-state index contributed by atoms with van der Waals surface area (Å²) in [5.41, 5.74) is 0. The second-order valence-electron chi connectivity index (χ2n) is 4.93. The van der Waals surface area contributed by atoms with Crippen molar-refractivity contribution in [1.82, 2.24) is 10.1 Å². The molecule has 0 unspecified atom stereocenters. The third kappa shape index (κ3) is 1.75. The van der Waals surface area contributed by atoms with Gasteiger partial charge in [0.2, 0.25) is 5.89 Å². The van der Waals surface area contributed by atoms with Crippen LogP contribution in [-0.4, -0.2) is 23.9 Å². The lowest BCUT2D eigenvalue weighted by atomic mass is 10.0. The van der Waals surface area contributed by atoms with Crippen LogP contribution in [0.3, 0.4) is 0 Å². The van der Waals surface area contributed by atoms with Crippen molar-refractivity contribution in [3.8, 4) is 0 Å². The molecular weight excluding hydrogens is 204 g/mol. The summed E-state index contributed by atoms with van der Waals surface area (Å²) in [5, 5.41) is 4.01. The van der Waals surface area contributed by atoms with Gasteiger partial charge in [-0.05, 0) is 24.7 Å². The second-order valence-corrected chi connectivity index (χ2v) is 4.93. The Bertz CT molecular complexity index is 352. The highest BCUT2D eigenvalue weighted by Crippen LogP contribution is 2.60. The van der Waals surface area contributed by atoms with Gasteiger partial charge < -0.3 is 9.26 Å². The first-order chi connectivity index (χ1) is 7.90. The van der Waals surface area contributed by atoms with Crippen molar-refractivity contribution in [1.29, 1.82) is 0 Å². The highest BCUT2D eigenvalue weighted by Gasteiger charge is 2.54. The normalized spacial score (nSPS) is 32.4. The maximum atomic E-state index is 5.36. The first-order valence-corrected chi connectivity index (χ1v) is 6.21. The third-order valence-electron chi connectivity index (χ3n) is 3.96. The van der Waals surface area contributed by atoms with Crippen LogP contribution in [0.25, 0.3) is 0 Å². The van der Waals surface area contributed by atoms with E-state index < -0.39 is 0 Å². The van der Waals surface area contributed by atoms with E-state index in [2.05, 4.69) is 10.1 Å². The summed E-state index contributed by atoms with van der Waals surface area (Å²) in [6.07, 6.45) is 6.21. The molecule has 2 fully saturated rings. The molecule has 0 aliphatic heterocycles. The lowest BCUT2D eigenvalue weighted by molar-refractivity contribution is 0.199. The van der Waals surface area contributed by atoms with E-state index in [-0.39, 0.29) is 0 Å². The molecule has 1 heterocycles. The van der Waals surface area contributed by atoms with Crippen LogP contribution in [0.4, 0.5) is 0 Å². The summed E-state index contributed by atoms with van der Waals surface area (Å²) in [6.45, 7) is 0.663. The van der Waals surface area contributed by atoms with E-state index >= 15 is 0 Å². The smallest absolute Gasteiger partial charge is 0.230 e. The lowest BCUT2D eigenvalue weighted by Crippen LogP contribution is -1.96. The van der Waals surface area contributed by atoms with Crippen molar-refractivity contribution >= 4 is 0 Å². The summed E-state index contributed by atoms with van der Waals surface area (Å²) in [7, 11) is 1.69. The fourth-order valence-corrected chi connectivity index (χ4v) is 3.06. The molecule has 88 valence electrons. The van der Waals surface area contributed by atoms with Crippen LogP contribution in [0.15, 0.2) is 4.52 Å². The fraction of sp³-hybridized carbons (Fsp3) is 0.833. The summed E-state index contributed by atoms with van der Waals surface area (Å²) in [4.78, 5) is 4.48. The Kier molecular flexibility index (Phi) is 2.67. The van der Waals surface area contributed by atoms with E-state index in [1.807, 2.05) is 0 Å². The van der Waals surface area contributed by atoms with Gasteiger partial charge in [-0.1, -0.05) is 18.0 Å². The zero-order valence-corrected chi connectivity index (χ0v) is 9.69. The SMILES string of the molecule is COCCc1noc(C2[C@H]3CCCC[C@H]23)n1. The quantitative estimate of drug-likeness (QED) is 0.783. The number of hydrogen-bond donors (Lipinski definition) is 0. The van der Waals surface area contributed by atoms with Gasteiger partial charge in [0.25, 0.3) is 0 Å². The van der Waals surface area contributed by atoms with Crippen LogP contribution in [0, 0.1) is 11.8 Å². The topological polar surface area (TPSA) is 48.2 Å². The molecule has 0 N–H and O–H groups in total. The van der Waals surface area contributed by atoms with Gasteiger partial charge in [-0.25, -0.2) is 0 Å². The van der Waals surface area contributed by atoms with Gasteiger partial charge >= 0.3 is 0 Å². The Labute approximate surface area is 95.4 Å². The molecule has 1 aromatic heterocycles. The predicted octanol–water partition coefficient (Wildman–Crippen LogP) is 2.16. The molecule has 3 rings (SSSR count). The van der Waals surface area contributed by atoms with Gasteiger partial charge in [-0.2, -0.15) is 4.98 Å². The second kappa shape index (κ2) is 4.17. The Morgan fingerprint density at radius 1 is 1.31 bits per heavy atom. The number of fused-ring (bicyclic) bond motifs is 1. The van der Waals surface area contributed by atoms with Crippen molar-refractivity contribution in [2.45, 2.75) is 38.0 Å². The maximum absolute atomic E-state index is 5.36. The first-order valence-electron chi connectivity index (χ1n) is 6.21. The maximum Gasteiger partial charge on any atom is 0.230 e. The minimum atomic E-state index is 0.575. The molecule has 4 nitrogen and oxygen atoms in total. The summed E-state index contributed by atoms with van der Waals surface area (Å²) >= 11 is 0. The van der Waals surface area contributed by atoms with Crippen LogP contribution in [0.1, 0.15) is 43.3 Å². The Hall–Kier alpha value is -0.900. The molecule has 0 spiro atoms. The molecule has 0 aromatic carbocycles. The zero-order chi connectivity index (χ0) is 11.0. The molecule has 2 aliphatic carbocycles. The van der Waals surface area contributed by atoms with Crippen LogP contribution in [0.5, 0.6) is 0 Å². The van der Waals surface area contributed by atoms with Gasteiger partial charge in [0.05, 0.1) is 6.61 Å². The highest BCUT2D eigenvalue weighted by atomic mass is 16.5. The van der Waals surface area contributed by atoms with Crippen molar-refractivity contribution in [2.75, 3.05) is 13.7 Å². The van der Waals surface area contributed by atoms with Crippen molar-refractivity contribution in [3.63, 3.8) is 0 Å². The van der Waals surface area contributed by atoms with Crippen molar-refractivity contribution in [3.05, 3.63) is 11.7 Å². The fourth-order valence-electron chi connectivity index (χ4n) is 3.06. The Morgan fingerprint density at radius 2 is 2.06 bits per heavy atom. The van der Waals surface area contributed by atoms with E-state index in [1.165, 1.54) is 25.7 Å². The Morgan fingerprint density at radius 3 is 2.75 bits per heavy atom. The van der Waals surface area contributed by atoms with Crippen molar-refractivity contribution < 1.29 is 9.26 Å². The molecule has 0 bridgehead atoms. The van der Waals surface area contributed by atoms with Crippen LogP contribution in [-0.2, 0) is 11.2 Å². The molecule has 1 aromatic rings. The molecule has 2 aliphatic rings. The van der Waals surface area contributed by atoms with Gasteiger partial charge in [0, 0.05) is 19.4 Å². The molecule has 4 heteroatoms. The molecule has 2 saturated carbocycles. The lowest BCUT2D eigenvalue weighted by Gasteiger charge is -2.04. The molecule has 0 saturated heterocycles.